The van der Waals surface area contributed by atoms with Gasteiger partial charge in [-0.05, 0) is 17.1 Å². The fourth-order valence-corrected chi connectivity index (χ4v) is 1.44. The van der Waals surface area contributed by atoms with E-state index in [-0.39, 0.29) is 0 Å². The van der Waals surface area contributed by atoms with Gasteiger partial charge < -0.3 is 5.73 Å². The van der Waals surface area contributed by atoms with Crippen molar-refractivity contribution in [3.05, 3.63) is 42.0 Å². The molecule has 0 aliphatic carbocycles. The zero-order chi connectivity index (χ0) is 9.68. The van der Waals surface area contributed by atoms with Crippen LogP contribution in [0.4, 0.5) is 0 Å². The Morgan fingerprint density at radius 3 is 2.38 bits per heavy atom. The monoisotopic (exact) mass is 175 g/mol. The Morgan fingerprint density at radius 1 is 1.31 bits per heavy atom. The highest BCUT2D eigenvalue weighted by molar-refractivity contribution is 5.66. The van der Waals surface area contributed by atoms with Gasteiger partial charge in [0.25, 0.3) is 0 Å². The second-order valence-corrected chi connectivity index (χ2v) is 3.42. The maximum atomic E-state index is 5.53. The van der Waals surface area contributed by atoms with E-state index in [0.717, 1.165) is 0 Å². The molecule has 0 fully saturated rings. The van der Waals surface area contributed by atoms with Gasteiger partial charge in [-0.1, -0.05) is 50.3 Å². The van der Waals surface area contributed by atoms with Gasteiger partial charge >= 0.3 is 0 Å². The fourth-order valence-electron chi connectivity index (χ4n) is 1.44. The molecule has 2 N–H and O–H groups in total. The standard InChI is InChI=1S/C12H17N/c1-10(2)12(8-9-13)11-6-4-3-5-7-11/h3-8,10H,9,13H2,1-2H3. The molecular weight excluding hydrogens is 158 g/mol. The maximum absolute atomic E-state index is 5.53. The highest BCUT2D eigenvalue weighted by Gasteiger charge is 2.03. The van der Waals surface area contributed by atoms with Gasteiger partial charge in [-0.2, -0.15) is 0 Å². The van der Waals surface area contributed by atoms with E-state index in [1.54, 1.807) is 0 Å². The van der Waals surface area contributed by atoms with Crippen LogP contribution in [0.3, 0.4) is 0 Å². The molecule has 0 bridgehead atoms. The van der Waals surface area contributed by atoms with Gasteiger partial charge in [0.1, 0.15) is 0 Å². The van der Waals surface area contributed by atoms with Crippen LogP contribution in [0.15, 0.2) is 36.4 Å². The lowest BCUT2D eigenvalue weighted by Crippen LogP contribution is -2.00. The first-order chi connectivity index (χ1) is 6.25. The molecule has 0 heterocycles. The van der Waals surface area contributed by atoms with E-state index in [1.165, 1.54) is 11.1 Å². The molecule has 0 radical (unpaired) electrons. The van der Waals surface area contributed by atoms with Crippen LogP contribution in [0.25, 0.3) is 5.57 Å². The van der Waals surface area contributed by atoms with Crippen LogP contribution in [0.1, 0.15) is 19.4 Å². The third kappa shape index (κ3) is 2.71. The Labute approximate surface area is 80.3 Å². The normalized spacial score (nSPS) is 12.2. The Hall–Kier alpha value is -1.08. The number of allylic oxidation sites excluding steroid dienone is 1. The highest BCUT2D eigenvalue weighted by Crippen LogP contribution is 2.21. The summed E-state index contributed by atoms with van der Waals surface area (Å²) in [6, 6.07) is 10.4. The topological polar surface area (TPSA) is 26.0 Å². The SMILES string of the molecule is CC(C)C(=CCN)c1ccccc1. The molecule has 1 aromatic rings. The first kappa shape index (κ1) is 10.0. The van der Waals surface area contributed by atoms with Gasteiger partial charge in [0, 0.05) is 6.54 Å². The molecular formula is C12H17N. The lowest BCUT2D eigenvalue weighted by molar-refractivity contribution is 0.852. The Balaban J connectivity index is 2.96. The molecule has 0 amide bonds. The average molecular weight is 175 g/mol. The minimum atomic E-state index is 0.533. The molecule has 1 nitrogen and oxygen atoms in total. The lowest BCUT2D eigenvalue weighted by Gasteiger charge is -2.11. The van der Waals surface area contributed by atoms with E-state index < -0.39 is 0 Å². The summed E-state index contributed by atoms with van der Waals surface area (Å²) in [6.07, 6.45) is 2.10. The minimum Gasteiger partial charge on any atom is -0.327 e. The lowest BCUT2D eigenvalue weighted by atomic mass is 9.95. The van der Waals surface area contributed by atoms with Crippen LogP contribution < -0.4 is 5.73 Å². The number of hydrogen-bond acceptors (Lipinski definition) is 1. The molecule has 70 valence electrons. The molecule has 0 spiro atoms. The van der Waals surface area contributed by atoms with Crippen molar-refractivity contribution in [2.45, 2.75) is 13.8 Å². The van der Waals surface area contributed by atoms with Crippen molar-refractivity contribution in [2.75, 3.05) is 6.54 Å². The molecule has 0 aliphatic rings. The molecule has 0 saturated carbocycles. The quantitative estimate of drug-likeness (QED) is 0.751. The zero-order valence-corrected chi connectivity index (χ0v) is 8.33. The summed E-state index contributed by atoms with van der Waals surface area (Å²) in [5, 5.41) is 0. The Kier molecular flexibility index (Phi) is 3.71. The summed E-state index contributed by atoms with van der Waals surface area (Å²) in [7, 11) is 0. The number of benzene rings is 1. The first-order valence-electron chi connectivity index (χ1n) is 4.71. The molecule has 1 rings (SSSR count). The predicted octanol–water partition coefficient (Wildman–Crippen LogP) is 2.68. The van der Waals surface area contributed by atoms with Gasteiger partial charge in [-0.3, -0.25) is 0 Å². The molecule has 13 heavy (non-hydrogen) atoms. The van der Waals surface area contributed by atoms with Crippen LogP contribution in [0, 0.1) is 5.92 Å². The van der Waals surface area contributed by atoms with Crippen LogP contribution in [0.2, 0.25) is 0 Å². The molecule has 1 aromatic carbocycles. The average Bonchev–Trinajstić information content (AvgIpc) is 2.15. The van der Waals surface area contributed by atoms with E-state index in [9.17, 15) is 0 Å². The van der Waals surface area contributed by atoms with Crippen molar-refractivity contribution >= 4 is 5.57 Å². The molecule has 1 heteroatoms. The number of rotatable bonds is 3. The summed E-state index contributed by atoms with van der Waals surface area (Å²) in [4.78, 5) is 0. The fraction of sp³-hybridized carbons (Fsp3) is 0.333. The van der Waals surface area contributed by atoms with Crippen LogP contribution in [-0.2, 0) is 0 Å². The predicted molar refractivity (Wildman–Crippen MR) is 58.3 cm³/mol. The second kappa shape index (κ2) is 4.83. The summed E-state index contributed by atoms with van der Waals surface area (Å²) >= 11 is 0. The van der Waals surface area contributed by atoms with Crippen molar-refractivity contribution in [1.82, 2.24) is 0 Å². The van der Waals surface area contributed by atoms with Crippen molar-refractivity contribution in [1.29, 1.82) is 0 Å². The van der Waals surface area contributed by atoms with Crippen molar-refractivity contribution in [3.8, 4) is 0 Å². The van der Waals surface area contributed by atoms with E-state index in [2.05, 4.69) is 44.2 Å². The summed E-state index contributed by atoms with van der Waals surface area (Å²) in [5.74, 6) is 0.533. The van der Waals surface area contributed by atoms with Crippen molar-refractivity contribution in [2.24, 2.45) is 11.7 Å². The van der Waals surface area contributed by atoms with Crippen LogP contribution >= 0.6 is 0 Å². The van der Waals surface area contributed by atoms with E-state index in [4.69, 9.17) is 5.73 Å². The summed E-state index contributed by atoms with van der Waals surface area (Å²) in [5.41, 5.74) is 8.14. The molecule has 0 saturated heterocycles. The van der Waals surface area contributed by atoms with Gasteiger partial charge in [-0.25, -0.2) is 0 Å². The zero-order valence-electron chi connectivity index (χ0n) is 8.33. The molecule has 0 aromatic heterocycles. The number of nitrogens with two attached hydrogens (primary N) is 1. The first-order valence-corrected chi connectivity index (χ1v) is 4.71. The van der Waals surface area contributed by atoms with E-state index >= 15 is 0 Å². The third-order valence-corrected chi connectivity index (χ3v) is 2.07. The maximum Gasteiger partial charge on any atom is 0.0112 e. The molecule has 0 unspecified atom stereocenters. The molecule has 0 aliphatic heterocycles. The van der Waals surface area contributed by atoms with Gasteiger partial charge in [0.2, 0.25) is 0 Å². The summed E-state index contributed by atoms with van der Waals surface area (Å²) < 4.78 is 0. The largest absolute Gasteiger partial charge is 0.327 e. The minimum absolute atomic E-state index is 0.533. The Morgan fingerprint density at radius 2 is 1.92 bits per heavy atom. The van der Waals surface area contributed by atoms with E-state index in [0.29, 0.717) is 12.5 Å². The summed E-state index contributed by atoms with van der Waals surface area (Å²) in [6.45, 7) is 4.99. The van der Waals surface area contributed by atoms with E-state index in [1.807, 2.05) is 6.07 Å². The van der Waals surface area contributed by atoms with Crippen LogP contribution in [0.5, 0.6) is 0 Å². The van der Waals surface area contributed by atoms with Crippen molar-refractivity contribution in [3.63, 3.8) is 0 Å². The number of hydrogen-bond donors (Lipinski definition) is 1. The van der Waals surface area contributed by atoms with Gasteiger partial charge in [0.15, 0.2) is 0 Å². The van der Waals surface area contributed by atoms with Crippen LogP contribution in [-0.4, -0.2) is 6.54 Å². The second-order valence-electron chi connectivity index (χ2n) is 3.42. The highest BCUT2D eigenvalue weighted by atomic mass is 14.5. The Bertz CT molecular complexity index is 272. The van der Waals surface area contributed by atoms with Crippen molar-refractivity contribution < 1.29 is 0 Å². The third-order valence-electron chi connectivity index (χ3n) is 2.07. The van der Waals surface area contributed by atoms with Gasteiger partial charge in [0.05, 0.1) is 0 Å². The smallest absolute Gasteiger partial charge is 0.0112 e. The van der Waals surface area contributed by atoms with Gasteiger partial charge in [-0.15, -0.1) is 0 Å². The molecule has 0 atom stereocenters.